The lowest BCUT2D eigenvalue weighted by Gasteiger charge is -2.15. The fourth-order valence-corrected chi connectivity index (χ4v) is 4.38. The molecule has 0 spiro atoms. The third kappa shape index (κ3) is 6.41. The number of rotatable bonds is 12. The zero-order chi connectivity index (χ0) is 27.7. The first-order valence-electron chi connectivity index (χ1n) is 11.4. The molecule has 0 radical (unpaired) electrons. The summed E-state index contributed by atoms with van der Waals surface area (Å²) in [7, 11) is 9.24. The fourth-order valence-electron chi connectivity index (χ4n) is 3.73. The monoisotopic (exact) mass is 583 g/mol. The summed E-state index contributed by atoms with van der Waals surface area (Å²) in [6.45, 7) is 0. The van der Waals surface area contributed by atoms with Gasteiger partial charge in [0.2, 0.25) is 11.5 Å². The lowest BCUT2D eigenvalue weighted by Crippen LogP contribution is -2.03. The third-order valence-electron chi connectivity index (χ3n) is 5.56. The largest absolute Gasteiger partial charge is 0.493 e. The summed E-state index contributed by atoms with van der Waals surface area (Å²) in [6.07, 6.45) is 6.93. The normalized spacial score (nSPS) is 10.9. The van der Waals surface area contributed by atoms with Gasteiger partial charge < -0.3 is 33.7 Å². The highest BCUT2D eigenvalue weighted by molar-refractivity contribution is 9.10. The van der Waals surface area contributed by atoms with Gasteiger partial charge in [-0.15, -0.1) is 0 Å². The molecule has 0 unspecified atom stereocenters. The van der Waals surface area contributed by atoms with Crippen molar-refractivity contribution >= 4 is 39.6 Å². The zero-order valence-corrected chi connectivity index (χ0v) is 23.7. The topological polar surface area (TPSA) is 84.5 Å². The van der Waals surface area contributed by atoms with Crippen LogP contribution in [-0.4, -0.2) is 48.4 Å². The molecular weight excluding hydrogens is 554 g/mol. The maximum absolute atomic E-state index is 12.9. The van der Waals surface area contributed by atoms with Crippen LogP contribution >= 0.6 is 15.9 Å². The molecule has 0 heterocycles. The lowest BCUT2D eigenvalue weighted by atomic mass is 10.1. The minimum atomic E-state index is -0.248. The predicted octanol–water partition coefficient (Wildman–Crippen LogP) is 6.48. The molecule has 0 saturated heterocycles. The molecule has 0 amide bonds. The second-order valence-corrected chi connectivity index (χ2v) is 8.56. The molecule has 0 aliphatic heterocycles. The van der Waals surface area contributed by atoms with Crippen molar-refractivity contribution in [1.82, 2.24) is 0 Å². The number of nitrogens with one attached hydrogen (secondary N) is 1. The predicted molar refractivity (Wildman–Crippen MR) is 152 cm³/mol. The van der Waals surface area contributed by atoms with E-state index < -0.39 is 0 Å². The van der Waals surface area contributed by atoms with E-state index in [1.165, 1.54) is 27.4 Å². The van der Waals surface area contributed by atoms with Gasteiger partial charge in [0.25, 0.3) is 0 Å². The van der Waals surface area contributed by atoms with Crippen molar-refractivity contribution in [3.05, 3.63) is 75.9 Å². The first-order chi connectivity index (χ1) is 18.4. The van der Waals surface area contributed by atoms with Crippen molar-refractivity contribution in [3.8, 4) is 34.5 Å². The molecule has 3 rings (SSSR count). The van der Waals surface area contributed by atoms with Crippen LogP contribution in [0.5, 0.6) is 34.5 Å². The second kappa shape index (κ2) is 13.4. The van der Waals surface area contributed by atoms with Crippen LogP contribution in [0, 0.1) is 0 Å². The van der Waals surface area contributed by atoms with E-state index in [0.717, 1.165) is 16.8 Å². The molecule has 1 N–H and O–H groups in total. The standard InChI is InChI=1S/C29H30BrNO7/c1-33-23-15-19(16-24(34-2)27(23)36-4)11-10-18-8-7-9-20(14-18)31-13-12-22(32)21-17-25(35-3)28(37-5)29(38-6)26(21)30/h7-17,31H,1-6H3/b11-10-,13-12-. The Morgan fingerprint density at radius 1 is 0.711 bits per heavy atom. The Hall–Kier alpha value is -4.11. The summed E-state index contributed by atoms with van der Waals surface area (Å²) in [5.41, 5.74) is 3.03. The Bertz CT molecular complexity index is 1330. The number of hydrogen-bond acceptors (Lipinski definition) is 8. The number of carbonyl (C=O) groups excluding carboxylic acids is 1. The van der Waals surface area contributed by atoms with Gasteiger partial charge in [-0.05, 0) is 57.4 Å². The number of ketones is 1. The molecule has 8 nitrogen and oxygen atoms in total. The highest BCUT2D eigenvalue weighted by Crippen LogP contribution is 2.45. The van der Waals surface area contributed by atoms with E-state index in [9.17, 15) is 4.79 Å². The number of halogens is 1. The van der Waals surface area contributed by atoms with E-state index >= 15 is 0 Å². The van der Waals surface area contributed by atoms with Crippen LogP contribution < -0.4 is 33.7 Å². The second-order valence-electron chi connectivity index (χ2n) is 7.77. The average molecular weight is 584 g/mol. The van der Waals surface area contributed by atoms with Gasteiger partial charge in [0.15, 0.2) is 28.8 Å². The van der Waals surface area contributed by atoms with Gasteiger partial charge in [-0.2, -0.15) is 0 Å². The number of allylic oxidation sites excluding steroid dienone is 1. The summed E-state index contributed by atoms with van der Waals surface area (Å²) in [5, 5.41) is 3.14. The smallest absolute Gasteiger partial charge is 0.204 e. The maximum Gasteiger partial charge on any atom is 0.204 e. The maximum atomic E-state index is 12.9. The Kier molecular flexibility index (Phi) is 10.1. The molecule has 9 heteroatoms. The number of anilines is 1. The van der Waals surface area contributed by atoms with Crippen molar-refractivity contribution in [3.63, 3.8) is 0 Å². The van der Waals surface area contributed by atoms with Crippen LogP contribution in [0.2, 0.25) is 0 Å². The van der Waals surface area contributed by atoms with Crippen LogP contribution in [0.25, 0.3) is 12.2 Å². The molecule has 0 atom stereocenters. The minimum absolute atomic E-state index is 0.248. The van der Waals surface area contributed by atoms with Gasteiger partial charge in [0.05, 0.1) is 47.1 Å². The number of methoxy groups -OCH3 is 6. The van der Waals surface area contributed by atoms with Crippen molar-refractivity contribution < 1.29 is 33.2 Å². The fraction of sp³-hybridized carbons (Fsp3) is 0.207. The van der Waals surface area contributed by atoms with E-state index in [4.69, 9.17) is 28.4 Å². The van der Waals surface area contributed by atoms with Crippen molar-refractivity contribution in [2.75, 3.05) is 48.0 Å². The third-order valence-corrected chi connectivity index (χ3v) is 6.35. The SMILES string of the molecule is COc1cc(/C=C\c2cccc(N/C=C\C(=O)c3cc(OC)c(OC)c(OC)c3Br)c2)cc(OC)c1OC. The quantitative estimate of drug-likeness (QED) is 0.147. The molecule has 38 heavy (non-hydrogen) atoms. The van der Waals surface area contributed by atoms with E-state index in [0.29, 0.717) is 44.5 Å². The highest BCUT2D eigenvalue weighted by Gasteiger charge is 2.21. The first-order valence-corrected chi connectivity index (χ1v) is 12.2. The molecule has 0 saturated carbocycles. The molecule has 0 bridgehead atoms. The Morgan fingerprint density at radius 2 is 1.29 bits per heavy atom. The van der Waals surface area contributed by atoms with Crippen LogP contribution in [0.3, 0.4) is 0 Å². The van der Waals surface area contributed by atoms with Crippen LogP contribution in [0.1, 0.15) is 21.5 Å². The van der Waals surface area contributed by atoms with Gasteiger partial charge >= 0.3 is 0 Å². The number of ether oxygens (including phenoxy) is 6. The van der Waals surface area contributed by atoms with Gasteiger partial charge in [0, 0.05) is 23.5 Å². The highest BCUT2D eigenvalue weighted by atomic mass is 79.9. The lowest BCUT2D eigenvalue weighted by molar-refractivity contribution is 0.104. The minimum Gasteiger partial charge on any atom is -0.493 e. The van der Waals surface area contributed by atoms with Crippen molar-refractivity contribution in [2.45, 2.75) is 0 Å². The number of carbonyl (C=O) groups is 1. The number of benzene rings is 3. The molecule has 3 aromatic rings. The summed E-state index contributed by atoms with van der Waals surface area (Å²) in [4.78, 5) is 12.9. The average Bonchev–Trinajstić information content (AvgIpc) is 2.95. The van der Waals surface area contributed by atoms with Gasteiger partial charge in [-0.25, -0.2) is 0 Å². The van der Waals surface area contributed by atoms with Crippen molar-refractivity contribution in [2.24, 2.45) is 0 Å². The number of hydrogen-bond donors (Lipinski definition) is 1. The zero-order valence-electron chi connectivity index (χ0n) is 22.1. The molecule has 200 valence electrons. The molecule has 0 fully saturated rings. The van der Waals surface area contributed by atoms with Crippen LogP contribution in [0.15, 0.2) is 59.2 Å². The van der Waals surface area contributed by atoms with Gasteiger partial charge in [-0.1, -0.05) is 24.3 Å². The molecular formula is C29H30BrNO7. The Labute approximate surface area is 230 Å². The summed E-state index contributed by atoms with van der Waals surface area (Å²) in [5.74, 6) is 2.62. The summed E-state index contributed by atoms with van der Waals surface area (Å²) >= 11 is 3.44. The molecule has 3 aromatic carbocycles. The Morgan fingerprint density at radius 3 is 1.87 bits per heavy atom. The summed E-state index contributed by atoms with van der Waals surface area (Å²) in [6, 6.07) is 13.1. The molecule has 0 aromatic heterocycles. The summed E-state index contributed by atoms with van der Waals surface area (Å²) < 4.78 is 32.8. The molecule has 0 aliphatic rings. The van der Waals surface area contributed by atoms with Gasteiger partial charge in [-0.3, -0.25) is 4.79 Å². The van der Waals surface area contributed by atoms with E-state index in [2.05, 4.69) is 21.2 Å². The van der Waals surface area contributed by atoms with Crippen molar-refractivity contribution in [1.29, 1.82) is 0 Å². The van der Waals surface area contributed by atoms with Crippen LogP contribution in [0.4, 0.5) is 5.69 Å². The van der Waals surface area contributed by atoms with E-state index in [-0.39, 0.29) is 5.78 Å². The Balaban J connectivity index is 1.77. The van der Waals surface area contributed by atoms with Gasteiger partial charge in [0.1, 0.15) is 0 Å². The molecule has 0 aliphatic carbocycles. The van der Waals surface area contributed by atoms with E-state index in [1.54, 1.807) is 33.6 Å². The first kappa shape index (κ1) is 28.5. The van der Waals surface area contributed by atoms with E-state index in [1.807, 2.05) is 48.6 Å². The van der Waals surface area contributed by atoms with Crippen LogP contribution in [-0.2, 0) is 0 Å².